The standard InChI is InChI=1S/C18H22BrNO/c1-4-14-6-5-7-16(10-14)21-18-9-8-15(11-17(18)19)12-20-13(2)3/h5-11,13,20H,4,12H2,1-3H3. The highest BCUT2D eigenvalue weighted by Crippen LogP contribution is 2.31. The number of benzene rings is 2. The Morgan fingerprint density at radius 1 is 1.10 bits per heavy atom. The van der Waals surface area contributed by atoms with E-state index in [0.29, 0.717) is 6.04 Å². The second kappa shape index (κ2) is 7.62. The van der Waals surface area contributed by atoms with E-state index in [4.69, 9.17) is 4.74 Å². The van der Waals surface area contributed by atoms with Crippen molar-refractivity contribution in [2.45, 2.75) is 39.8 Å². The Balaban J connectivity index is 2.09. The van der Waals surface area contributed by atoms with Crippen molar-refractivity contribution in [3.63, 3.8) is 0 Å². The summed E-state index contributed by atoms with van der Waals surface area (Å²) >= 11 is 3.59. The minimum absolute atomic E-state index is 0.483. The van der Waals surface area contributed by atoms with Crippen molar-refractivity contribution in [2.75, 3.05) is 0 Å². The second-order valence-electron chi connectivity index (χ2n) is 5.40. The Labute approximate surface area is 135 Å². The highest BCUT2D eigenvalue weighted by molar-refractivity contribution is 9.10. The van der Waals surface area contributed by atoms with Gasteiger partial charge in [-0.05, 0) is 57.7 Å². The number of nitrogens with one attached hydrogen (secondary N) is 1. The predicted molar refractivity (Wildman–Crippen MR) is 92.0 cm³/mol. The largest absolute Gasteiger partial charge is 0.456 e. The van der Waals surface area contributed by atoms with Crippen molar-refractivity contribution in [3.05, 3.63) is 58.1 Å². The first-order chi connectivity index (χ1) is 10.1. The van der Waals surface area contributed by atoms with Crippen LogP contribution in [-0.4, -0.2) is 6.04 Å². The van der Waals surface area contributed by atoms with Gasteiger partial charge in [0.25, 0.3) is 0 Å². The zero-order chi connectivity index (χ0) is 15.2. The highest BCUT2D eigenvalue weighted by Gasteiger charge is 2.05. The second-order valence-corrected chi connectivity index (χ2v) is 6.26. The van der Waals surface area contributed by atoms with Crippen molar-refractivity contribution in [3.8, 4) is 11.5 Å². The maximum absolute atomic E-state index is 5.96. The number of hydrogen-bond acceptors (Lipinski definition) is 2. The van der Waals surface area contributed by atoms with Gasteiger partial charge in [0, 0.05) is 12.6 Å². The highest BCUT2D eigenvalue weighted by atomic mass is 79.9. The molecule has 1 N–H and O–H groups in total. The van der Waals surface area contributed by atoms with Gasteiger partial charge in [0.05, 0.1) is 4.47 Å². The Morgan fingerprint density at radius 2 is 1.90 bits per heavy atom. The molecule has 0 fully saturated rings. The van der Waals surface area contributed by atoms with Crippen molar-refractivity contribution >= 4 is 15.9 Å². The lowest BCUT2D eigenvalue weighted by atomic mass is 10.1. The molecule has 21 heavy (non-hydrogen) atoms. The molecule has 0 bridgehead atoms. The SMILES string of the molecule is CCc1cccc(Oc2ccc(CNC(C)C)cc2Br)c1. The zero-order valence-electron chi connectivity index (χ0n) is 12.8. The summed E-state index contributed by atoms with van der Waals surface area (Å²) in [6, 6.07) is 14.9. The molecule has 0 aliphatic carbocycles. The fraction of sp³-hybridized carbons (Fsp3) is 0.333. The molecule has 2 aromatic carbocycles. The van der Waals surface area contributed by atoms with Crippen LogP contribution in [0.1, 0.15) is 31.9 Å². The quantitative estimate of drug-likeness (QED) is 0.765. The third-order valence-corrected chi connectivity index (χ3v) is 3.86. The van der Waals surface area contributed by atoms with Crippen LogP contribution < -0.4 is 10.1 Å². The summed E-state index contributed by atoms with van der Waals surface area (Å²) in [7, 11) is 0. The normalized spacial score (nSPS) is 10.9. The first-order valence-electron chi connectivity index (χ1n) is 7.37. The first kappa shape index (κ1) is 16.1. The van der Waals surface area contributed by atoms with Gasteiger partial charge >= 0.3 is 0 Å². The molecule has 0 heterocycles. The molecular formula is C18H22BrNO. The summed E-state index contributed by atoms with van der Waals surface area (Å²) in [6.45, 7) is 7.30. The fourth-order valence-electron chi connectivity index (χ4n) is 2.01. The molecule has 2 aromatic rings. The maximum atomic E-state index is 5.96. The van der Waals surface area contributed by atoms with Crippen LogP contribution >= 0.6 is 15.9 Å². The van der Waals surface area contributed by atoms with Crippen LogP contribution in [0.15, 0.2) is 46.9 Å². The topological polar surface area (TPSA) is 21.3 Å². The summed E-state index contributed by atoms with van der Waals surface area (Å²) in [5.41, 5.74) is 2.52. The average Bonchev–Trinajstić information content (AvgIpc) is 2.48. The molecular weight excluding hydrogens is 326 g/mol. The summed E-state index contributed by atoms with van der Waals surface area (Å²) < 4.78 is 6.94. The minimum atomic E-state index is 0.483. The van der Waals surface area contributed by atoms with Crippen LogP contribution in [0.2, 0.25) is 0 Å². The summed E-state index contributed by atoms with van der Waals surface area (Å²) in [5.74, 6) is 1.72. The first-order valence-corrected chi connectivity index (χ1v) is 8.16. The lowest BCUT2D eigenvalue weighted by Gasteiger charge is -2.12. The average molecular weight is 348 g/mol. The molecule has 0 radical (unpaired) electrons. The third kappa shape index (κ3) is 4.87. The van der Waals surface area contributed by atoms with Gasteiger partial charge in [-0.2, -0.15) is 0 Å². The van der Waals surface area contributed by atoms with Gasteiger partial charge in [-0.1, -0.05) is 39.0 Å². The van der Waals surface area contributed by atoms with Gasteiger partial charge in [0.2, 0.25) is 0 Å². The Kier molecular flexibility index (Phi) is 5.83. The van der Waals surface area contributed by atoms with Crippen molar-refractivity contribution in [1.29, 1.82) is 0 Å². The van der Waals surface area contributed by atoms with Crippen LogP contribution in [0.4, 0.5) is 0 Å². The van der Waals surface area contributed by atoms with Crippen LogP contribution in [0.25, 0.3) is 0 Å². The summed E-state index contributed by atoms with van der Waals surface area (Å²) in [5, 5.41) is 3.41. The molecule has 0 aromatic heterocycles. The Bertz CT molecular complexity index is 596. The number of rotatable bonds is 6. The molecule has 0 amide bonds. The van der Waals surface area contributed by atoms with E-state index in [2.05, 4.69) is 66.3 Å². The number of ether oxygens (including phenoxy) is 1. The van der Waals surface area contributed by atoms with Crippen LogP contribution in [0.3, 0.4) is 0 Å². The maximum Gasteiger partial charge on any atom is 0.141 e. The predicted octanol–water partition coefficient (Wildman–Crippen LogP) is 5.30. The Morgan fingerprint density at radius 3 is 2.57 bits per heavy atom. The molecule has 0 atom stereocenters. The van der Waals surface area contributed by atoms with E-state index in [0.717, 1.165) is 28.9 Å². The number of halogens is 1. The molecule has 112 valence electrons. The van der Waals surface area contributed by atoms with E-state index >= 15 is 0 Å². The van der Waals surface area contributed by atoms with Gasteiger partial charge < -0.3 is 10.1 Å². The van der Waals surface area contributed by atoms with Crippen LogP contribution in [0, 0.1) is 0 Å². The lowest BCUT2D eigenvalue weighted by Crippen LogP contribution is -2.21. The zero-order valence-corrected chi connectivity index (χ0v) is 14.4. The van der Waals surface area contributed by atoms with E-state index in [1.807, 2.05) is 18.2 Å². The smallest absolute Gasteiger partial charge is 0.141 e. The van der Waals surface area contributed by atoms with E-state index in [1.54, 1.807) is 0 Å². The summed E-state index contributed by atoms with van der Waals surface area (Å²) in [4.78, 5) is 0. The van der Waals surface area contributed by atoms with E-state index in [-0.39, 0.29) is 0 Å². The van der Waals surface area contributed by atoms with Crippen molar-refractivity contribution in [2.24, 2.45) is 0 Å². The van der Waals surface area contributed by atoms with Crippen molar-refractivity contribution in [1.82, 2.24) is 5.32 Å². The molecule has 0 saturated carbocycles. The monoisotopic (exact) mass is 347 g/mol. The van der Waals surface area contributed by atoms with Gasteiger partial charge in [-0.3, -0.25) is 0 Å². The van der Waals surface area contributed by atoms with Gasteiger partial charge in [-0.25, -0.2) is 0 Å². The molecule has 0 spiro atoms. The molecule has 0 aliphatic rings. The van der Waals surface area contributed by atoms with Gasteiger partial charge in [0.15, 0.2) is 0 Å². The van der Waals surface area contributed by atoms with E-state index < -0.39 is 0 Å². The van der Waals surface area contributed by atoms with Gasteiger partial charge in [0.1, 0.15) is 11.5 Å². The van der Waals surface area contributed by atoms with Crippen LogP contribution in [-0.2, 0) is 13.0 Å². The summed E-state index contributed by atoms with van der Waals surface area (Å²) in [6.07, 6.45) is 1.01. The van der Waals surface area contributed by atoms with E-state index in [9.17, 15) is 0 Å². The molecule has 2 rings (SSSR count). The molecule has 0 aliphatic heterocycles. The molecule has 0 unspecified atom stereocenters. The molecule has 0 saturated heterocycles. The molecule has 2 nitrogen and oxygen atoms in total. The third-order valence-electron chi connectivity index (χ3n) is 3.25. The fourth-order valence-corrected chi connectivity index (χ4v) is 2.52. The van der Waals surface area contributed by atoms with Gasteiger partial charge in [-0.15, -0.1) is 0 Å². The number of hydrogen-bond donors (Lipinski definition) is 1. The van der Waals surface area contributed by atoms with Crippen molar-refractivity contribution < 1.29 is 4.74 Å². The Hall–Kier alpha value is -1.32. The number of aryl methyl sites for hydroxylation is 1. The molecule has 3 heteroatoms. The van der Waals surface area contributed by atoms with Crippen LogP contribution in [0.5, 0.6) is 11.5 Å². The minimum Gasteiger partial charge on any atom is -0.456 e. The lowest BCUT2D eigenvalue weighted by molar-refractivity contribution is 0.478. The van der Waals surface area contributed by atoms with E-state index in [1.165, 1.54) is 11.1 Å².